The third-order valence-corrected chi connectivity index (χ3v) is 5.61. The fraction of sp³-hybridized carbons (Fsp3) is 0.200. The number of thioether (sulfide) groups is 1. The molecule has 1 aromatic carbocycles. The number of benzene rings is 1. The van der Waals surface area contributed by atoms with Gasteiger partial charge >= 0.3 is 0 Å². The van der Waals surface area contributed by atoms with E-state index in [-0.39, 0.29) is 11.7 Å². The van der Waals surface area contributed by atoms with Crippen molar-refractivity contribution in [3.05, 3.63) is 35.8 Å². The predicted molar refractivity (Wildman–Crippen MR) is 106 cm³/mol. The molecule has 2 N–H and O–H groups in total. The standard InChI is InChI=1S/C15H16N6O3S3/c1-21-13(10-3-5-11(6-4-10)20-27(2,23)24)18-19-15(21)26-9-12(22)17-14-16-7-8-25-14/h3-8,20H,9H2,1-2H3,(H,16,17,22). The van der Waals surface area contributed by atoms with Crippen molar-refractivity contribution in [3.8, 4) is 11.4 Å². The van der Waals surface area contributed by atoms with Crippen LogP contribution in [0.3, 0.4) is 0 Å². The zero-order valence-corrected chi connectivity index (χ0v) is 16.9. The molecule has 0 bridgehead atoms. The zero-order chi connectivity index (χ0) is 19.4. The summed E-state index contributed by atoms with van der Waals surface area (Å²) in [6.45, 7) is 0. The smallest absolute Gasteiger partial charge is 0.236 e. The molecule has 0 fully saturated rings. The van der Waals surface area contributed by atoms with Gasteiger partial charge in [-0.3, -0.25) is 9.52 Å². The molecule has 142 valence electrons. The first-order chi connectivity index (χ1) is 12.8. The van der Waals surface area contributed by atoms with Gasteiger partial charge in [0.25, 0.3) is 0 Å². The van der Waals surface area contributed by atoms with Crippen LogP contribution in [0.15, 0.2) is 41.0 Å². The van der Waals surface area contributed by atoms with Crippen LogP contribution in [-0.2, 0) is 21.9 Å². The highest BCUT2D eigenvalue weighted by atomic mass is 32.2. The van der Waals surface area contributed by atoms with Crippen molar-refractivity contribution >= 4 is 49.8 Å². The first kappa shape index (κ1) is 19.3. The highest BCUT2D eigenvalue weighted by molar-refractivity contribution is 7.99. The van der Waals surface area contributed by atoms with E-state index in [0.717, 1.165) is 11.8 Å². The number of sulfonamides is 1. The average Bonchev–Trinajstić information content (AvgIpc) is 3.22. The van der Waals surface area contributed by atoms with Crippen LogP contribution < -0.4 is 10.0 Å². The van der Waals surface area contributed by atoms with Crippen LogP contribution in [0.25, 0.3) is 11.4 Å². The summed E-state index contributed by atoms with van der Waals surface area (Å²) in [6, 6.07) is 6.81. The molecule has 0 saturated heterocycles. The summed E-state index contributed by atoms with van der Waals surface area (Å²) in [4.78, 5) is 15.9. The van der Waals surface area contributed by atoms with Crippen LogP contribution in [0.4, 0.5) is 10.8 Å². The van der Waals surface area contributed by atoms with Crippen molar-refractivity contribution in [3.63, 3.8) is 0 Å². The summed E-state index contributed by atoms with van der Waals surface area (Å²) in [7, 11) is -1.52. The first-order valence-corrected chi connectivity index (χ1v) is 11.4. The second-order valence-corrected chi connectivity index (χ2v) is 9.08. The number of thiazole rings is 1. The van der Waals surface area contributed by atoms with Crippen LogP contribution in [0.5, 0.6) is 0 Å². The van der Waals surface area contributed by atoms with Gasteiger partial charge in [-0.25, -0.2) is 13.4 Å². The van der Waals surface area contributed by atoms with Crippen molar-refractivity contribution in [2.45, 2.75) is 5.16 Å². The molecular weight excluding hydrogens is 408 g/mol. The molecule has 2 heterocycles. The van der Waals surface area contributed by atoms with Crippen LogP contribution in [-0.4, -0.2) is 46.1 Å². The maximum Gasteiger partial charge on any atom is 0.236 e. The van der Waals surface area contributed by atoms with E-state index >= 15 is 0 Å². The maximum atomic E-state index is 11.9. The van der Waals surface area contributed by atoms with Gasteiger partial charge in [0.1, 0.15) is 0 Å². The fourth-order valence-electron chi connectivity index (χ4n) is 2.16. The Bertz CT molecular complexity index is 1030. The Kier molecular flexibility index (Phi) is 5.77. The van der Waals surface area contributed by atoms with Crippen LogP contribution in [0.1, 0.15) is 0 Å². The molecule has 3 rings (SSSR count). The van der Waals surface area contributed by atoms with Gasteiger partial charge in [-0.1, -0.05) is 11.8 Å². The Balaban J connectivity index is 1.65. The molecule has 1 amide bonds. The van der Waals surface area contributed by atoms with Gasteiger partial charge in [-0.2, -0.15) is 0 Å². The van der Waals surface area contributed by atoms with E-state index in [1.807, 2.05) is 0 Å². The van der Waals surface area contributed by atoms with Gasteiger partial charge in [0.2, 0.25) is 15.9 Å². The number of hydrogen-bond donors (Lipinski definition) is 2. The molecule has 0 saturated carbocycles. The molecule has 9 nitrogen and oxygen atoms in total. The Morgan fingerprint density at radius 3 is 2.63 bits per heavy atom. The monoisotopic (exact) mass is 424 g/mol. The minimum absolute atomic E-state index is 0.171. The molecule has 2 aromatic heterocycles. The van der Waals surface area contributed by atoms with Crippen molar-refractivity contribution in [2.75, 3.05) is 22.0 Å². The quantitative estimate of drug-likeness (QED) is 0.557. The molecular formula is C15H16N6O3S3. The second kappa shape index (κ2) is 8.06. The number of rotatable bonds is 7. The number of carbonyl (C=O) groups excluding carboxylic acids is 1. The molecule has 0 spiro atoms. The SMILES string of the molecule is Cn1c(SCC(=O)Nc2nccs2)nnc1-c1ccc(NS(C)(=O)=O)cc1. The topological polar surface area (TPSA) is 119 Å². The number of aromatic nitrogens is 4. The van der Waals surface area contributed by atoms with E-state index in [1.54, 1.807) is 47.5 Å². The van der Waals surface area contributed by atoms with E-state index in [9.17, 15) is 13.2 Å². The Morgan fingerprint density at radius 2 is 2.00 bits per heavy atom. The number of carbonyl (C=O) groups is 1. The maximum absolute atomic E-state index is 11.9. The average molecular weight is 425 g/mol. The van der Waals surface area contributed by atoms with Gasteiger partial charge in [0.15, 0.2) is 16.1 Å². The third-order valence-electron chi connectivity index (χ3n) is 3.29. The van der Waals surface area contributed by atoms with Crippen LogP contribution in [0.2, 0.25) is 0 Å². The van der Waals surface area contributed by atoms with Gasteiger partial charge in [-0.15, -0.1) is 21.5 Å². The molecule has 27 heavy (non-hydrogen) atoms. The summed E-state index contributed by atoms with van der Waals surface area (Å²) in [6.07, 6.45) is 2.72. The van der Waals surface area contributed by atoms with E-state index in [0.29, 0.717) is 21.8 Å². The molecule has 0 aliphatic heterocycles. The number of hydrogen-bond acceptors (Lipinski definition) is 8. The summed E-state index contributed by atoms with van der Waals surface area (Å²) in [5.41, 5.74) is 1.25. The lowest BCUT2D eigenvalue weighted by atomic mass is 10.2. The molecule has 0 aliphatic carbocycles. The molecule has 12 heteroatoms. The Hall–Kier alpha value is -2.44. The third kappa shape index (κ3) is 5.28. The largest absolute Gasteiger partial charge is 0.305 e. The summed E-state index contributed by atoms with van der Waals surface area (Å²) >= 11 is 2.62. The van der Waals surface area contributed by atoms with Crippen LogP contribution >= 0.6 is 23.1 Å². The van der Waals surface area contributed by atoms with E-state index < -0.39 is 10.0 Å². The van der Waals surface area contributed by atoms with Gasteiger partial charge in [0.05, 0.1) is 12.0 Å². The highest BCUT2D eigenvalue weighted by Gasteiger charge is 2.14. The van der Waals surface area contributed by atoms with Crippen molar-refractivity contribution in [1.29, 1.82) is 0 Å². The normalized spacial score (nSPS) is 11.3. The zero-order valence-electron chi connectivity index (χ0n) is 14.4. The number of amides is 1. The Labute approximate surface area is 164 Å². The lowest BCUT2D eigenvalue weighted by molar-refractivity contribution is -0.113. The fourth-order valence-corrected chi connectivity index (χ4v) is 3.98. The predicted octanol–water partition coefficient (Wildman–Crippen LogP) is 2.04. The molecule has 0 radical (unpaired) electrons. The number of anilines is 2. The lowest BCUT2D eigenvalue weighted by Crippen LogP contribution is -2.14. The minimum atomic E-state index is -3.32. The minimum Gasteiger partial charge on any atom is -0.305 e. The Morgan fingerprint density at radius 1 is 1.26 bits per heavy atom. The summed E-state index contributed by atoms with van der Waals surface area (Å²) in [5.74, 6) is 0.627. The first-order valence-electron chi connectivity index (χ1n) is 7.61. The number of nitrogens with zero attached hydrogens (tertiary/aromatic N) is 4. The van der Waals surface area contributed by atoms with Gasteiger partial charge in [0, 0.05) is 29.9 Å². The molecule has 3 aromatic rings. The highest BCUT2D eigenvalue weighted by Crippen LogP contribution is 2.24. The van der Waals surface area contributed by atoms with E-state index in [2.05, 4.69) is 25.2 Å². The number of nitrogens with one attached hydrogen (secondary N) is 2. The van der Waals surface area contributed by atoms with Crippen molar-refractivity contribution < 1.29 is 13.2 Å². The van der Waals surface area contributed by atoms with Crippen molar-refractivity contribution in [2.24, 2.45) is 7.05 Å². The van der Waals surface area contributed by atoms with E-state index in [1.165, 1.54) is 23.1 Å². The van der Waals surface area contributed by atoms with Gasteiger partial charge < -0.3 is 9.88 Å². The second-order valence-electron chi connectivity index (χ2n) is 5.49. The molecule has 0 aliphatic rings. The van der Waals surface area contributed by atoms with Crippen molar-refractivity contribution in [1.82, 2.24) is 19.7 Å². The van der Waals surface area contributed by atoms with E-state index in [4.69, 9.17) is 0 Å². The van der Waals surface area contributed by atoms with Gasteiger partial charge in [-0.05, 0) is 24.3 Å². The molecule has 0 unspecified atom stereocenters. The summed E-state index contributed by atoms with van der Waals surface area (Å²) in [5, 5.41) is 13.9. The summed E-state index contributed by atoms with van der Waals surface area (Å²) < 4.78 is 26.7. The molecule has 0 atom stereocenters. The lowest BCUT2D eigenvalue weighted by Gasteiger charge is -2.06. The van der Waals surface area contributed by atoms with Crippen LogP contribution in [0, 0.1) is 0 Å².